The van der Waals surface area contributed by atoms with Crippen LogP contribution < -0.4 is 19.9 Å². The summed E-state index contributed by atoms with van der Waals surface area (Å²) >= 11 is 0. The molecule has 2 N–H and O–H groups in total. The van der Waals surface area contributed by atoms with Crippen molar-refractivity contribution in [1.82, 2.24) is 4.57 Å². The minimum absolute atomic E-state index is 0.00680. The summed E-state index contributed by atoms with van der Waals surface area (Å²) < 4.78 is 28.7. The van der Waals surface area contributed by atoms with Crippen LogP contribution in [0.15, 0.2) is 18.2 Å². The van der Waals surface area contributed by atoms with E-state index in [1.54, 1.807) is 26.0 Å². The number of carbonyl (C=O) groups excluding carboxylic acids is 2. The first-order valence-electron chi connectivity index (χ1n) is 14.3. The number of fused-ring (bicyclic) bond motifs is 1. The van der Waals surface area contributed by atoms with Crippen molar-refractivity contribution < 1.29 is 33.3 Å². The second-order valence-corrected chi connectivity index (χ2v) is 9.75. The molecule has 1 aromatic heterocycles. The molecule has 10 heteroatoms. The molecule has 0 atom stereocenters. The fourth-order valence-electron chi connectivity index (χ4n) is 5.29. The van der Waals surface area contributed by atoms with Gasteiger partial charge < -0.3 is 34.0 Å². The van der Waals surface area contributed by atoms with Crippen LogP contribution in [0.4, 0.5) is 5.69 Å². The van der Waals surface area contributed by atoms with E-state index in [1.165, 1.54) is 25.9 Å². The SMILES string of the molecule is CCCCCCCc1cc2c(N)c(C(=O)OCC)n(CC(=O)OCC)c2c(C#N)c1-c1cc(OC)c(OC)c(OC)c1. The number of methoxy groups -OCH3 is 3. The Hall–Kier alpha value is -4.39. The summed E-state index contributed by atoms with van der Waals surface area (Å²) in [5.74, 6) is 0.0220. The number of hydrogen-bond donors (Lipinski definition) is 1. The van der Waals surface area contributed by atoms with Crippen LogP contribution in [0.2, 0.25) is 0 Å². The minimum atomic E-state index is -0.685. The number of nitrogens with zero attached hydrogens (tertiary/aromatic N) is 2. The van der Waals surface area contributed by atoms with Crippen LogP contribution >= 0.6 is 0 Å². The quantitative estimate of drug-likeness (QED) is 0.169. The highest BCUT2D eigenvalue weighted by Gasteiger charge is 2.29. The topological polar surface area (TPSA) is 135 Å². The van der Waals surface area contributed by atoms with Gasteiger partial charge in [0.25, 0.3) is 0 Å². The fourth-order valence-corrected chi connectivity index (χ4v) is 5.29. The van der Waals surface area contributed by atoms with Crippen LogP contribution in [0.1, 0.15) is 74.5 Å². The number of nitrogen functional groups attached to an aromatic ring is 1. The molecule has 0 aliphatic carbocycles. The number of rotatable bonds is 15. The van der Waals surface area contributed by atoms with Crippen LogP contribution in [0.5, 0.6) is 17.2 Å². The van der Waals surface area contributed by atoms with Gasteiger partial charge in [0.05, 0.1) is 51.3 Å². The van der Waals surface area contributed by atoms with E-state index in [4.69, 9.17) is 29.4 Å². The van der Waals surface area contributed by atoms with Crippen molar-refractivity contribution >= 4 is 28.5 Å². The van der Waals surface area contributed by atoms with Crippen LogP contribution in [0.3, 0.4) is 0 Å². The highest BCUT2D eigenvalue weighted by atomic mass is 16.5. The first kappa shape index (κ1) is 32.1. The Morgan fingerprint density at radius 2 is 1.55 bits per heavy atom. The third kappa shape index (κ3) is 6.56. The minimum Gasteiger partial charge on any atom is -0.493 e. The molecule has 0 aliphatic rings. The predicted octanol–water partition coefficient (Wildman–Crippen LogP) is 6.04. The van der Waals surface area contributed by atoms with Gasteiger partial charge in [0.1, 0.15) is 12.6 Å². The molecule has 10 nitrogen and oxygen atoms in total. The first-order chi connectivity index (χ1) is 20.3. The average molecular weight is 580 g/mol. The fraction of sp³-hybridized carbons (Fsp3) is 0.469. The van der Waals surface area contributed by atoms with E-state index in [2.05, 4.69) is 13.0 Å². The van der Waals surface area contributed by atoms with E-state index in [-0.39, 0.29) is 36.7 Å². The maximum atomic E-state index is 13.1. The lowest BCUT2D eigenvalue weighted by molar-refractivity contribution is -0.143. The summed E-state index contributed by atoms with van der Waals surface area (Å²) in [5, 5.41) is 11.2. The molecule has 0 aliphatic heterocycles. The van der Waals surface area contributed by atoms with Gasteiger partial charge >= 0.3 is 11.9 Å². The number of anilines is 1. The Kier molecular flexibility index (Phi) is 11.5. The molecule has 0 saturated heterocycles. The van der Waals surface area contributed by atoms with Gasteiger partial charge in [-0.3, -0.25) is 4.79 Å². The normalized spacial score (nSPS) is 10.8. The predicted molar refractivity (Wildman–Crippen MR) is 161 cm³/mol. The van der Waals surface area contributed by atoms with Gasteiger partial charge in [0.15, 0.2) is 17.2 Å². The molecule has 0 radical (unpaired) electrons. The zero-order chi connectivity index (χ0) is 30.8. The van der Waals surface area contributed by atoms with Gasteiger partial charge in [-0.15, -0.1) is 0 Å². The van der Waals surface area contributed by atoms with Crippen molar-refractivity contribution in [2.24, 2.45) is 0 Å². The Labute approximate surface area is 247 Å². The number of aromatic nitrogens is 1. The maximum absolute atomic E-state index is 13.1. The molecule has 0 spiro atoms. The molecular formula is C32H41N3O7. The molecule has 42 heavy (non-hydrogen) atoms. The van der Waals surface area contributed by atoms with Crippen LogP contribution in [0.25, 0.3) is 22.0 Å². The Bertz CT molecular complexity index is 1440. The van der Waals surface area contributed by atoms with Gasteiger partial charge in [-0.1, -0.05) is 32.6 Å². The molecule has 3 aromatic rings. The third-order valence-corrected chi connectivity index (χ3v) is 7.14. The van der Waals surface area contributed by atoms with Crippen molar-refractivity contribution in [3.63, 3.8) is 0 Å². The van der Waals surface area contributed by atoms with Crippen molar-refractivity contribution in [2.45, 2.75) is 65.8 Å². The number of benzene rings is 2. The highest BCUT2D eigenvalue weighted by molar-refractivity contribution is 6.10. The van der Waals surface area contributed by atoms with Gasteiger partial charge in [-0.25, -0.2) is 4.79 Å². The maximum Gasteiger partial charge on any atom is 0.357 e. The van der Waals surface area contributed by atoms with Gasteiger partial charge in [0.2, 0.25) is 5.75 Å². The van der Waals surface area contributed by atoms with E-state index in [0.29, 0.717) is 45.7 Å². The third-order valence-electron chi connectivity index (χ3n) is 7.14. The Morgan fingerprint density at radius 3 is 2.10 bits per heavy atom. The van der Waals surface area contributed by atoms with Crippen molar-refractivity contribution in [1.29, 1.82) is 5.26 Å². The summed E-state index contributed by atoms with van der Waals surface area (Å²) in [6.07, 6.45) is 5.96. The smallest absolute Gasteiger partial charge is 0.357 e. The summed E-state index contributed by atoms with van der Waals surface area (Å²) in [6.45, 7) is 5.50. The average Bonchev–Trinajstić information content (AvgIpc) is 3.25. The number of ether oxygens (including phenoxy) is 5. The summed E-state index contributed by atoms with van der Waals surface area (Å²) in [5.41, 5.74) is 9.52. The molecule has 1 heterocycles. The van der Waals surface area contributed by atoms with E-state index in [1.807, 2.05) is 6.07 Å². The molecule has 0 fully saturated rings. The van der Waals surface area contributed by atoms with Crippen LogP contribution in [-0.4, -0.2) is 51.0 Å². The zero-order valence-electron chi connectivity index (χ0n) is 25.4. The molecule has 2 aromatic carbocycles. The number of carbonyl (C=O) groups is 2. The van der Waals surface area contributed by atoms with Crippen LogP contribution in [0, 0.1) is 11.3 Å². The number of aryl methyl sites for hydroxylation is 1. The van der Waals surface area contributed by atoms with Crippen molar-refractivity contribution in [3.05, 3.63) is 35.0 Å². The second kappa shape index (κ2) is 15.0. The lowest BCUT2D eigenvalue weighted by atomic mass is 9.89. The van der Waals surface area contributed by atoms with Gasteiger partial charge in [0, 0.05) is 10.9 Å². The van der Waals surface area contributed by atoms with Crippen molar-refractivity contribution in [3.8, 4) is 34.4 Å². The highest BCUT2D eigenvalue weighted by Crippen LogP contribution is 2.45. The monoisotopic (exact) mass is 579 g/mol. The standard InChI is InChI=1S/C32H41N3O7/c1-7-10-11-12-13-14-20-15-22-28(34)30(32(37)42-9-3)35(19-26(36)41-8-2)29(22)23(18-33)27(20)21-16-24(38-4)31(40-6)25(17-21)39-5/h15-17H,7-14,19,34H2,1-6H3. The number of hydrogen-bond acceptors (Lipinski definition) is 9. The molecule has 3 rings (SSSR count). The second-order valence-electron chi connectivity index (χ2n) is 9.75. The lowest BCUT2D eigenvalue weighted by Crippen LogP contribution is -2.20. The van der Waals surface area contributed by atoms with Crippen molar-refractivity contribution in [2.75, 3.05) is 40.3 Å². The Morgan fingerprint density at radius 1 is 0.905 bits per heavy atom. The summed E-state index contributed by atoms with van der Waals surface area (Å²) in [7, 11) is 4.58. The molecule has 0 saturated carbocycles. The molecule has 226 valence electrons. The number of nitriles is 1. The van der Waals surface area contributed by atoms with E-state index >= 15 is 0 Å². The zero-order valence-corrected chi connectivity index (χ0v) is 25.4. The number of esters is 2. The largest absolute Gasteiger partial charge is 0.493 e. The first-order valence-corrected chi connectivity index (χ1v) is 14.3. The molecular weight excluding hydrogens is 538 g/mol. The summed E-state index contributed by atoms with van der Waals surface area (Å²) in [4.78, 5) is 25.9. The van der Waals surface area contributed by atoms with E-state index in [9.17, 15) is 14.9 Å². The van der Waals surface area contributed by atoms with E-state index in [0.717, 1.165) is 37.7 Å². The van der Waals surface area contributed by atoms with Gasteiger partial charge in [-0.2, -0.15) is 5.26 Å². The van der Waals surface area contributed by atoms with Gasteiger partial charge in [-0.05, 0) is 56.0 Å². The molecule has 0 bridgehead atoms. The molecule has 0 unspecified atom stereocenters. The lowest BCUT2D eigenvalue weighted by Gasteiger charge is -2.18. The Balaban J connectivity index is 2.44. The van der Waals surface area contributed by atoms with Crippen LogP contribution in [-0.2, 0) is 27.2 Å². The van der Waals surface area contributed by atoms with E-state index < -0.39 is 11.9 Å². The molecule has 0 amide bonds. The summed E-state index contributed by atoms with van der Waals surface area (Å²) in [6, 6.07) is 7.85. The number of unbranched alkanes of at least 4 members (excludes halogenated alkanes) is 4. The number of nitrogens with two attached hydrogens (primary N) is 1.